The Morgan fingerprint density at radius 3 is 2.44 bits per heavy atom. The molecule has 2 aromatic heterocycles. The number of nitrogens with zero attached hydrogens (tertiary/aromatic N) is 4. The molecule has 1 N–H and O–H groups in total. The number of amides is 2. The number of likely N-dealkylation sites (tertiary alicyclic amines) is 1. The molecule has 1 atom stereocenters. The second-order valence-corrected chi connectivity index (χ2v) is 8.56. The van der Waals surface area contributed by atoms with E-state index in [1.807, 2.05) is 12.1 Å². The van der Waals surface area contributed by atoms with Gasteiger partial charge >= 0.3 is 0 Å². The summed E-state index contributed by atoms with van der Waals surface area (Å²) in [5, 5.41) is 6.83. The molecule has 1 unspecified atom stereocenters. The normalized spacial score (nSPS) is 15.6. The first-order valence-corrected chi connectivity index (χ1v) is 11.4. The smallest absolute Gasteiger partial charge is 0.259 e. The monoisotopic (exact) mass is 493 g/mol. The number of benzene rings is 2. The van der Waals surface area contributed by atoms with Gasteiger partial charge in [0.1, 0.15) is 23.0 Å². The van der Waals surface area contributed by atoms with Gasteiger partial charge in [0.15, 0.2) is 5.82 Å². The van der Waals surface area contributed by atoms with E-state index in [1.165, 1.54) is 18.3 Å². The zero-order valence-electron chi connectivity index (χ0n) is 19.1. The molecule has 0 aliphatic carbocycles. The quantitative estimate of drug-likeness (QED) is 0.443. The average Bonchev–Trinajstić information content (AvgIpc) is 3.56. The first kappa shape index (κ1) is 23.4. The second-order valence-electron chi connectivity index (χ2n) is 8.56. The van der Waals surface area contributed by atoms with Gasteiger partial charge in [0.2, 0.25) is 5.91 Å². The number of piperidine rings is 1. The molecule has 1 saturated heterocycles. The van der Waals surface area contributed by atoms with E-state index >= 15 is 0 Å². The summed E-state index contributed by atoms with van der Waals surface area (Å²) in [7, 11) is 0. The highest BCUT2D eigenvalue weighted by Gasteiger charge is 2.32. The maximum Gasteiger partial charge on any atom is 0.259 e. The third-order valence-corrected chi connectivity index (χ3v) is 6.16. The zero-order chi connectivity index (χ0) is 25.2. The number of carbonyl (C=O) groups excluding carboxylic acids is 2. The third kappa shape index (κ3) is 4.61. The van der Waals surface area contributed by atoms with Gasteiger partial charge in [0.25, 0.3) is 5.91 Å². The Bertz CT molecular complexity index is 1400. The predicted octanol–water partition coefficient (Wildman–Crippen LogP) is 4.57. The van der Waals surface area contributed by atoms with E-state index in [-0.39, 0.29) is 24.0 Å². The average molecular weight is 493 g/mol. The lowest BCUT2D eigenvalue weighted by molar-refractivity contribution is -0.121. The Hall–Kier alpha value is -4.34. The van der Waals surface area contributed by atoms with Crippen molar-refractivity contribution in [2.24, 2.45) is 5.92 Å². The van der Waals surface area contributed by atoms with Gasteiger partial charge in [0, 0.05) is 31.5 Å². The van der Waals surface area contributed by atoms with Gasteiger partial charge < -0.3 is 14.8 Å². The first-order valence-electron chi connectivity index (χ1n) is 11.4. The highest BCUT2D eigenvalue weighted by atomic mass is 19.1. The lowest BCUT2D eigenvalue weighted by atomic mass is 9.96. The number of hydrogen-bond acceptors (Lipinski definition) is 3. The summed E-state index contributed by atoms with van der Waals surface area (Å²) in [6.07, 6.45) is 6.07. The fourth-order valence-corrected chi connectivity index (χ4v) is 4.36. The van der Waals surface area contributed by atoms with Crippen LogP contribution in [0.3, 0.4) is 0 Å². The van der Waals surface area contributed by atoms with E-state index in [2.05, 4.69) is 10.4 Å². The molecule has 4 aromatic rings. The molecule has 3 heterocycles. The summed E-state index contributed by atoms with van der Waals surface area (Å²) in [5.74, 6) is -2.70. The molecule has 0 bridgehead atoms. The highest BCUT2D eigenvalue weighted by molar-refractivity contribution is 5.98. The Kier molecular flexibility index (Phi) is 6.32. The number of anilines is 1. The number of rotatable bonds is 5. The van der Waals surface area contributed by atoms with Crippen molar-refractivity contribution < 1.29 is 22.8 Å². The summed E-state index contributed by atoms with van der Waals surface area (Å²) in [5.41, 5.74) is 0.652. The minimum atomic E-state index is -0.738. The largest absolute Gasteiger partial charge is 0.338 e. The molecule has 184 valence electrons. The number of hydrogen-bond donors (Lipinski definition) is 1. The van der Waals surface area contributed by atoms with Crippen molar-refractivity contribution in [3.05, 3.63) is 96.2 Å². The van der Waals surface area contributed by atoms with E-state index in [0.29, 0.717) is 36.5 Å². The topological polar surface area (TPSA) is 72.2 Å². The summed E-state index contributed by atoms with van der Waals surface area (Å²) in [6, 6.07) is 12.2. The van der Waals surface area contributed by atoms with Crippen LogP contribution in [0.25, 0.3) is 11.5 Å². The van der Waals surface area contributed by atoms with Crippen LogP contribution in [0.2, 0.25) is 0 Å². The summed E-state index contributed by atoms with van der Waals surface area (Å²) in [6.45, 7) is 0.554. The summed E-state index contributed by atoms with van der Waals surface area (Å²) >= 11 is 0. The van der Waals surface area contributed by atoms with Crippen molar-refractivity contribution in [1.29, 1.82) is 0 Å². The van der Waals surface area contributed by atoms with Crippen molar-refractivity contribution in [3.63, 3.8) is 0 Å². The van der Waals surface area contributed by atoms with Crippen LogP contribution in [0.15, 0.2) is 73.2 Å². The molecule has 0 spiro atoms. The fourth-order valence-electron chi connectivity index (χ4n) is 4.36. The Balaban J connectivity index is 1.40. The molecular formula is C26H22F3N5O2. The molecule has 0 saturated carbocycles. The van der Waals surface area contributed by atoms with Gasteiger partial charge in [-0.15, -0.1) is 0 Å². The van der Waals surface area contributed by atoms with E-state index in [9.17, 15) is 22.8 Å². The van der Waals surface area contributed by atoms with Gasteiger partial charge in [-0.1, -0.05) is 0 Å². The minimum Gasteiger partial charge on any atom is -0.338 e. The number of aromatic nitrogens is 3. The third-order valence-electron chi connectivity index (χ3n) is 6.16. The lowest BCUT2D eigenvalue weighted by Crippen LogP contribution is -2.44. The molecular weight excluding hydrogens is 471 g/mol. The predicted molar refractivity (Wildman–Crippen MR) is 126 cm³/mol. The molecule has 5 rings (SSSR count). The highest BCUT2D eigenvalue weighted by Crippen LogP contribution is 2.26. The van der Waals surface area contributed by atoms with Crippen LogP contribution in [-0.2, 0) is 4.79 Å². The van der Waals surface area contributed by atoms with Gasteiger partial charge in [-0.3, -0.25) is 9.59 Å². The second kappa shape index (κ2) is 9.73. The van der Waals surface area contributed by atoms with Crippen LogP contribution in [0.4, 0.5) is 18.9 Å². The van der Waals surface area contributed by atoms with Crippen molar-refractivity contribution in [2.45, 2.75) is 12.8 Å². The van der Waals surface area contributed by atoms with Crippen molar-refractivity contribution in [2.75, 3.05) is 18.4 Å². The Morgan fingerprint density at radius 1 is 0.972 bits per heavy atom. The molecule has 2 aromatic carbocycles. The van der Waals surface area contributed by atoms with Gasteiger partial charge in [-0.05, 0) is 61.4 Å². The minimum absolute atomic E-state index is 0.119. The molecule has 1 aliphatic rings. The van der Waals surface area contributed by atoms with Crippen molar-refractivity contribution in [1.82, 2.24) is 19.2 Å². The molecule has 0 radical (unpaired) electrons. The van der Waals surface area contributed by atoms with E-state index < -0.39 is 23.5 Å². The zero-order valence-corrected chi connectivity index (χ0v) is 19.1. The first-order chi connectivity index (χ1) is 17.4. The van der Waals surface area contributed by atoms with Crippen LogP contribution in [-0.4, -0.2) is 44.2 Å². The lowest BCUT2D eigenvalue weighted by Gasteiger charge is -2.32. The van der Waals surface area contributed by atoms with Crippen molar-refractivity contribution >= 4 is 17.5 Å². The molecule has 1 fully saturated rings. The summed E-state index contributed by atoms with van der Waals surface area (Å²) in [4.78, 5) is 28.0. The summed E-state index contributed by atoms with van der Waals surface area (Å²) < 4.78 is 44.2. The van der Waals surface area contributed by atoms with Gasteiger partial charge in [-0.2, -0.15) is 5.10 Å². The maximum absolute atomic E-state index is 14.0. The molecule has 2 amide bonds. The maximum atomic E-state index is 14.0. The molecule has 7 nitrogen and oxygen atoms in total. The van der Waals surface area contributed by atoms with Crippen LogP contribution in [0.1, 0.15) is 23.2 Å². The van der Waals surface area contributed by atoms with Crippen LogP contribution >= 0.6 is 0 Å². The van der Waals surface area contributed by atoms with Crippen molar-refractivity contribution in [3.8, 4) is 11.5 Å². The number of halogens is 3. The van der Waals surface area contributed by atoms with Gasteiger partial charge in [0.05, 0.1) is 23.5 Å². The number of carbonyl (C=O) groups is 2. The van der Waals surface area contributed by atoms with Gasteiger partial charge in [-0.25, -0.2) is 17.9 Å². The fraction of sp³-hybridized carbons (Fsp3) is 0.192. The van der Waals surface area contributed by atoms with Crippen LogP contribution in [0.5, 0.6) is 0 Å². The number of nitrogens with one attached hydrogen (secondary N) is 1. The standard InChI is InChI=1S/C26H22F3N5O2/c27-18-5-8-20(9-6-18)34-25(32-11-1-2-12-32)21(15-30-34)26(36)33-13-3-4-17(16-33)24(35)31-23-14-19(28)7-10-22(23)29/h1-2,5-12,14-15,17H,3-4,13,16H2,(H,31,35). The van der Waals surface area contributed by atoms with Crippen LogP contribution < -0.4 is 5.32 Å². The van der Waals surface area contributed by atoms with E-state index in [0.717, 1.165) is 18.2 Å². The molecule has 1 aliphatic heterocycles. The SMILES string of the molecule is O=C(Nc1cc(F)ccc1F)C1CCCN(C(=O)c2cnn(-c3ccc(F)cc3)c2-n2cccc2)C1. The van der Waals surface area contributed by atoms with Crippen LogP contribution in [0, 0.1) is 23.4 Å². The Labute approximate surface area is 204 Å². The van der Waals surface area contributed by atoms with E-state index in [4.69, 9.17) is 0 Å². The Morgan fingerprint density at radius 2 is 1.69 bits per heavy atom. The van der Waals surface area contributed by atoms with E-state index in [1.54, 1.807) is 38.7 Å². The molecule has 10 heteroatoms. The molecule has 36 heavy (non-hydrogen) atoms.